The Kier molecular flexibility index (Phi) is 5.67. The molecule has 0 bridgehead atoms. The highest BCUT2D eigenvalue weighted by molar-refractivity contribution is 5.89. The van der Waals surface area contributed by atoms with Crippen LogP contribution >= 0.6 is 0 Å². The van der Waals surface area contributed by atoms with Crippen molar-refractivity contribution in [2.75, 3.05) is 13.2 Å². The first kappa shape index (κ1) is 13.1. The van der Waals surface area contributed by atoms with E-state index in [1.165, 1.54) is 0 Å². The van der Waals surface area contributed by atoms with E-state index in [0.717, 1.165) is 17.7 Å². The van der Waals surface area contributed by atoms with Crippen molar-refractivity contribution in [3.8, 4) is 17.6 Å². The fraction of sp³-hybridized carbons (Fsp3) is 0.357. The number of rotatable bonds is 4. The lowest BCUT2D eigenvalue weighted by Gasteiger charge is -2.03. The Morgan fingerprint density at radius 2 is 2.18 bits per heavy atom. The molecule has 1 aromatic carbocycles. The maximum Gasteiger partial charge on any atom is 0.384 e. The van der Waals surface area contributed by atoms with Crippen LogP contribution in [0.2, 0.25) is 0 Å². The van der Waals surface area contributed by atoms with Gasteiger partial charge in [0.25, 0.3) is 0 Å². The predicted molar refractivity (Wildman–Crippen MR) is 65.7 cm³/mol. The molecule has 0 aromatic heterocycles. The van der Waals surface area contributed by atoms with E-state index in [0.29, 0.717) is 13.2 Å². The molecule has 0 aliphatic rings. The zero-order valence-corrected chi connectivity index (χ0v) is 10.2. The highest BCUT2D eigenvalue weighted by Gasteiger charge is 1.96. The van der Waals surface area contributed by atoms with Gasteiger partial charge in [0.05, 0.1) is 13.2 Å². The minimum absolute atomic E-state index is 0.340. The molecular formula is C14H16O3. The zero-order valence-electron chi connectivity index (χ0n) is 10.2. The second-order valence-electron chi connectivity index (χ2n) is 3.35. The van der Waals surface area contributed by atoms with Crippen molar-refractivity contribution in [3.63, 3.8) is 0 Å². The molecule has 0 aliphatic heterocycles. The molecule has 17 heavy (non-hydrogen) atoms. The minimum Gasteiger partial charge on any atom is -0.494 e. The van der Waals surface area contributed by atoms with Crippen LogP contribution in [0.25, 0.3) is 0 Å². The van der Waals surface area contributed by atoms with Gasteiger partial charge in [0.2, 0.25) is 0 Å². The molecule has 0 fully saturated rings. The molecule has 1 aromatic rings. The van der Waals surface area contributed by atoms with E-state index in [1.54, 1.807) is 6.92 Å². The summed E-state index contributed by atoms with van der Waals surface area (Å²) in [5, 5.41) is 0. The normalized spacial score (nSPS) is 9.06. The SMILES string of the molecule is CCCOc1cccc(C#CC(=O)OCC)c1. The van der Waals surface area contributed by atoms with Gasteiger partial charge in [-0.15, -0.1) is 0 Å². The van der Waals surface area contributed by atoms with Gasteiger partial charge in [0.15, 0.2) is 0 Å². The van der Waals surface area contributed by atoms with Gasteiger partial charge >= 0.3 is 5.97 Å². The maximum atomic E-state index is 11.0. The Hall–Kier alpha value is -1.95. The molecular weight excluding hydrogens is 216 g/mol. The maximum absolute atomic E-state index is 11.0. The van der Waals surface area contributed by atoms with Crippen LogP contribution in [-0.2, 0) is 9.53 Å². The number of hydrogen-bond acceptors (Lipinski definition) is 3. The molecule has 90 valence electrons. The van der Waals surface area contributed by atoms with E-state index in [1.807, 2.05) is 31.2 Å². The summed E-state index contributed by atoms with van der Waals surface area (Å²) in [5.41, 5.74) is 0.742. The van der Waals surface area contributed by atoms with E-state index in [2.05, 4.69) is 11.8 Å². The van der Waals surface area contributed by atoms with Crippen LogP contribution in [0.1, 0.15) is 25.8 Å². The van der Waals surface area contributed by atoms with Crippen LogP contribution in [0, 0.1) is 11.8 Å². The van der Waals surface area contributed by atoms with Gasteiger partial charge in [-0.3, -0.25) is 0 Å². The lowest BCUT2D eigenvalue weighted by atomic mass is 10.2. The van der Waals surface area contributed by atoms with Crippen molar-refractivity contribution in [1.82, 2.24) is 0 Å². The molecule has 0 spiro atoms. The number of ether oxygens (including phenoxy) is 2. The summed E-state index contributed by atoms with van der Waals surface area (Å²) in [6.45, 7) is 4.81. The standard InChI is InChI=1S/C14H16O3/c1-3-10-17-13-7-5-6-12(11-13)8-9-14(15)16-4-2/h5-7,11H,3-4,10H2,1-2H3. The Balaban J connectivity index is 2.67. The first-order valence-electron chi connectivity index (χ1n) is 5.68. The van der Waals surface area contributed by atoms with Gasteiger partial charge < -0.3 is 9.47 Å². The second-order valence-corrected chi connectivity index (χ2v) is 3.35. The van der Waals surface area contributed by atoms with Gasteiger partial charge in [-0.2, -0.15) is 0 Å². The summed E-state index contributed by atoms with van der Waals surface area (Å²) in [4.78, 5) is 11.0. The highest BCUT2D eigenvalue weighted by Crippen LogP contribution is 2.12. The van der Waals surface area contributed by atoms with E-state index in [9.17, 15) is 4.79 Å². The van der Waals surface area contributed by atoms with Crippen LogP contribution in [0.3, 0.4) is 0 Å². The van der Waals surface area contributed by atoms with Gasteiger partial charge in [-0.1, -0.05) is 18.9 Å². The highest BCUT2D eigenvalue weighted by atomic mass is 16.5. The molecule has 3 heteroatoms. The average molecular weight is 232 g/mol. The molecule has 0 saturated heterocycles. The summed E-state index contributed by atoms with van der Waals surface area (Å²) < 4.78 is 10.2. The van der Waals surface area contributed by atoms with Crippen LogP contribution in [-0.4, -0.2) is 19.2 Å². The van der Waals surface area contributed by atoms with Crippen molar-refractivity contribution in [2.45, 2.75) is 20.3 Å². The van der Waals surface area contributed by atoms with E-state index >= 15 is 0 Å². The van der Waals surface area contributed by atoms with Crippen molar-refractivity contribution in [3.05, 3.63) is 29.8 Å². The lowest BCUT2D eigenvalue weighted by Crippen LogP contribution is -1.99. The van der Waals surface area contributed by atoms with Gasteiger partial charge in [0, 0.05) is 11.5 Å². The number of benzene rings is 1. The lowest BCUT2D eigenvalue weighted by molar-refractivity contribution is -0.136. The third-order valence-electron chi connectivity index (χ3n) is 1.89. The van der Waals surface area contributed by atoms with Crippen LogP contribution in [0.5, 0.6) is 5.75 Å². The second kappa shape index (κ2) is 7.34. The third-order valence-corrected chi connectivity index (χ3v) is 1.89. The number of esters is 1. The summed E-state index contributed by atoms with van der Waals surface area (Å²) in [7, 11) is 0. The van der Waals surface area contributed by atoms with Crippen LogP contribution in [0.15, 0.2) is 24.3 Å². The molecule has 0 radical (unpaired) electrons. The Morgan fingerprint density at radius 1 is 1.35 bits per heavy atom. The van der Waals surface area contributed by atoms with Crippen molar-refractivity contribution in [2.24, 2.45) is 0 Å². The number of hydrogen-bond donors (Lipinski definition) is 0. The number of carbonyl (C=O) groups excluding carboxylic acids is 1. The average Bonchev–Trinajstić information content (AvgIpc) is 2.35. The van der Waals surface area contributed by atoms with Crippen LogP contribution < -0.4 is 4.74 Å². The van der Waals surface area contributed by atoms with E-state index in [4.69, 9.17) is 9.47 Å². The molecule has 3 nitrogen and oxygen atoms in total. The number of carbonyl (C=O) groups is 1. The summed E-state index contributed by atoms with van der Waals surface area (Å²) in [6, 6.07) is 7.35. The van der Waals surface area contributed by atoms with Crippen molar-refractivity contribution < 1.29 is 14.3 Å². The quantitative estimate of drug-likeness (QED) is 0.590. The summed E-state index contributed by atoms with van der Waals surface area (Å²) in [6.07, 6.45) is 0.957. The molecule has 0 unspecified atom stereocenters. The molecule has 1 rings (SSSR count). The Bertz CT molecular complexity index is 427. The van der Waals surface area contributed by atoms with E-state index < -0.39 is 5.97 Å². The zero-order chi connectivity index (χ0) is 12.5. The van der Waals surface area contributed by atoms with Crippen molar-refractivity contribution >= 4 is 5.97 Å². The summed E-state index contributed by atoms with van der Waals surface area (Å²) in [5.74, 6) is 5.42. The molecule has 0 heterocycles. The first-order valence-corrected chi connectivity index (χ1v) is 5.68. The van der Waals surface area contributed by atoms with E-state index in [-0.39, 0.29) is 0 Å². The Morgan fingerprint density at radius 3 is 2.88 bits per heavy atom. The van der Waals surface area contributed by atoms with Crippen LogP contribution in [0.4, 0.5) is 0 Å². The smallest absolute Gasteiger partial charge is 0.384 e. The molecule has 0 aliphatic carbocycles. The molecule has 0 atom stereocenters. The largest absolute Gasteiger partial charge is 0.494 e. The Labute approximate surface area is 102 Å². The topological polar surface area (TPSA) is 35.5 Å². The van der Waals surface area contributed by atoms with Gasteiger partial charge in [-0.25, -0.2) is 4.79 Å². The van der Waals surface area contributed by atoms with Gasteiger partial charge in [0.1, 0.15) is 5.75 Å². The first-order chi connectivity index (χ1) is 8.26. The van der Waals surface area contributed by atoms with Crippen molar-refractivity contribution in [1.29, 1.82) is 0 Å². The molecule has 0 saturated carbocycles. The molecule has 0 N–H and O–H groups in total. The predicted octanol–water partition coefficient (Wildman–Crippen LogP) is 2.39. The summed E-state index contributed by atoms with van der Waals surface area (Å²) >= 11 is 0. The fourth-order valence-electron chi connectivity index (χ4n) is 1.17. The monoisotopic (exact) mass is 232 g/mol. The van der Waals surface area contributed by atoms with Gasteiger partial charge in [-0.05, 0) is 31.5 Å². The minimum atomic E-state index is -0.507. The third kappa shape index (κ3) is 5.07. The molecule has 0 amide bonds. The fourth-order valence-corrected chi connectivity index (χ4v) is 1.17.